The average molecular weight is 281 g/mol. The van der Waals surface area contributed by atoms with E-state index in [1.807, 2.05) is 6.92 Å². The minimum atomic E-state index is -0.0852. The van der Waals surface area contributed by atoms with Gasteiger partial charge in [0.05, 0.1) is 12.6 Å². The van der Waals surface area contributed by atoms with Gasteiger partial charge in [-0.05, 0) is 32.1 Å². The number of nitrogens with one attached hydrogen (secondary N) is 1. The molecular formula is C15H27N3O2. The lowest BCUT2D eigenvalue weighted by Crippen LogP contribution is -2.48. The van der Waals surface area contributed by atoms with Crippen LogP contribution < -0.4 is 5.32 Å². The standard InChI is InChI=1S/C15H27N3O2/c1-4-18(10-14(19)17(2)3)15(20)13-9-11-7-5-6-8-12(11)16-13/h11-13,16H,4-10H2,1-3H3. The van der Waals surface area contributed by atoms with Gasteiger partial charge in [0.2, 0.25) is 11.8 Å². The number of nitrogens with zero attached hydrogens (tertiary/aromatic N) is 2. The van der Waals surface area contributed by atoms with Crippen LogP contribution in [0.2, 0.25) is 0 Å². The van der Waals surface area contributed by atoms with E-state index in [1.54, 1.807) is 19.0 Å². The molecule has 114 valence electrons. The minimum Gasteiger partial charge on any atom is -0.347 e. The smallest absolute Gasteiger partial charge is 0.241 e. The number of carbonyl (C=O) groups excluding carboxylic acids is 2. The molecule has 1 N–H and O–H groups in total. The molecule has 5 heteroatoms. The Morgan fingerprint density at radius 2 is 1.90 bits per heavy atom. The average Bonchev–Trinajstić information content (AvgIpc) is 2.87. The summed E-state index contributed by atoms with van der Waals surface area (Å²) in [6, 6.07) is 0.430. The summed E-state index contributed by atoms with van der Waals surface area (Å²) >= 11 is 0. The first-order valence-electron chi connectivity index (χ1n) is 7.78. The SMILES string of the molecule is CCN(CC(=O)N(C)C)C(=O)C1CC2CCCCC2N1. The van der Waals surface area contributed by atoms with E-state index in [1.165, 1.54) is 30.6 Å². The van der Waals surface area contributed by atoms with Gasteiger partial charge in [-0.3, -0.25) is 9.59 Å². The maximum absolute atomic E-state index is 12.6. The second kappa shape index (κ2) is 6.57. The van der Waals surface area contributed by atoms with Crippen molar-refractivity contribution in [2.45, 2.75) is 51.1 Å². The molecule has 20 heavy (non-hydrogen) atoms. The van der Waals surface area contributed by atoms with Gasteiger partial charge < -0.3 is 15.1 Å². The first-order valence-corrected chi connectivity index (χ1v) is 7.78. The van der Waals surface area contributed by atoms with Crippen LogP contribution in [0.3, 0.4) is 0 Å². The Labute approximate surface area is 121 Å². The van der Waals surface area contributed by atoms with Crippen molar-refractivity contribution in [3.05, 3.63) is 0 Å². The van der Waals surface area contributed by atoms with Crippen LogP contribution in [0.5, 0.6) is 0 Å². The number of fused-ring (bicyclic) bond motifs is 1. The van der Waals surface area contributed by atoms with Crippen LogP contribution in [-0.2, 0) is 9.59 Å². The molecule has 1 aliphatic heterocycles. The van der Waals surface area contributed by atoms with Crippen LogP contribution in [0.25, 0.3) is 0 Å². The van der Waals surface area contributed by atoms with Crippen LogP contribution >= 0.6 is 0 Å². The van der Waals surface area contributed by atoms with Gasteiger partial charge >= 0.3 is 0 Å². The Hall–Kier alpha value is -1.10. The van der Waals surface area contributed by atoms with Gasteiger partial charge in [-0.25, -0.2) is 0 Å². The molecule has 3 unspecified atom stereocenters. The van der Waals surface area contributed by atoms with Crippen LogP contribution in [0.15, 0.2) is 0 Å². The molecule has 2 rings (SSSR count). The van der Waals surface area contributed by atoms with Crippen molar-refractivity contribution in [1.82, 2.24) is 15.1 Å². The largest absolute Gasteiger partial charge is 0.347 e. The summed E-state index contributed by atoms with van der Waals surface area (Å²) in [6.45, 7) is 2.71. The summed E-state index contributed by atoms with van der Waals surface area (Å²) < 4.78 is 0. The quantitative estimate of drug-likeness (QED) is 0.831. The van der Waals surface area contributed by atoms with Gasteiger partial charge in [0, 0.05) is 26.7 Å². The Morgan fingerprint density at radius 3 is 2.50 bits per heavy atom. The van der Waals surface area contributed by atoms with Gasteiger partial charge in [-0.2, -0.15) is 0 Å². The molecule has 0 spiro atoms. The molecule has 2 fully saturated rings. The Kier molecular flexibility index (Phi) is 5.02. The molecule has 2 aliphatic rings. The monoisotopic (exact) mass is 281 g/mol. The minimum absolute atomic E-state index is 0.0180. The number of carbonyl (C=O) groups is 2. The molecule has 0 aromatic rings. The van der Waals surface area contributed by atoms with Crippen molar-refractivity contribution in [2.75, 3.05) is 27.2 Å². The Balaban J connectivity index is 1.93. The summed E-state index contributed by atoms with van der Waals surface area (Å²) in [5.41, 5.74) is 0. The lowest BCUT2D eigenvalue weighted by Gasteiger charge is -2.25. The summed E-state index contributed by atoms with van der Waals surface area (Å²) in [4.78, 5) is 27.6. The summed E-state index contributed by atoms with van der Waals surface area (Å²) in [7, 11) is 3.45. The molecule has 0 bridgehead atoms. The van der Waals surface area contributed by atoms with E-state index in [-0.39, 0.29) is 24.4 Å². The molecule has 1 aliphatic carbocycles. The maximum atomic E-state index is 12.6. The Bertz CT molecular complexity index is 356. The number of amides is 2. The fraction of sp³-hybridized carbons (Fsp3) is 0.867. The first-order chi connectivity index (χ1) is 9.52. The van der Waals surface area contributed by atoms with Crippen molar-refractivity contribution >= 4 is 11.8 Å². The molecule has 3 atom stereocenters. The predicted octanol–water partition coefficient (Wildman–Crippen LogP) is 0.844. The highest BCUT2D eigenvalue weighted by Crippen LogP contribution is 2.33. The van der Waals surface area contributed by atoms with Crippen LogP contribution in [0, 0.1) is 5.92 Å². The number of rotatable bonds is 4. The first kappa shape index (κ1) is 15.3. The molecule has 2 amide bonds. The van der Waals surface area contributed by atoms with Gasteiger partial charge in [-0.1, -0.05) is 12.8 Å². The fourth-order valence-corrected chi connectivity index (χ4v) is 3.38. The Morgan fingerprint density at radius 1 is 1.20 bits per heavy atom. The van der Waals surface area contributed by atoms with E-state index in [0.29, 0.717) is 18.5 Å². The van der Waals surface area contributed by atoms with Gasteiger partial charge in [-0.15, -0.1) is 0 Å². The predicted molar refractivity (Wildman–Crippen MR) is 78.2 cm³/mol. The zero-order valence-corrected chi connectivity index (χ0v) is 12.9. The molecule has 1 saturated carbocycles. The summed E-state index contributed by atoms with van der Waals surface area (Å²) in [6.07, 6.45) is 5.93. The van der Waals surface area contributed by atoms with E-state index in [2.05, 4.69) is 5.32 Å². The molecular weight excluding hydrogens is 254 g/mol. The van der Waals surface area contributed by atoms with Crippen molar-refractivity contribution in [1.29, 1.82) is 0 Å². The van der Waals surface area contributed by atoms with Crippen molar-refractivity contribution in [2.24, 2.45) is 5.92 Å². The van der Waals surface area contributed by atoms with E-state index >= 15 is 0 Å². The van der Waals surface area contributed by atoms with Crippen molar-refractivity contribution in [3.8, 4) is 0 Å². The van der Waals surface area contributed by atoms with Crippen LogP contribution in [0.4, 0.5) is 0 Å². The third kappa shape index (κ3) is 3.32. The van der Waals surface area contributed by atoms with E-state index in [0.717, 1.165) is 6.42 Å². The zero-order chi connectivity index (χ0) is 14.7. The van der Waals surface area contributed by atoms with E-state index in [9.17, 15) is 9.59 Å². The second-order valence-electron chi connectivity index (χ2n) is 6.25. The fourth-order valence-electron chi connectivity index (χ4n) is 3.38. The van der Waals surface area contributed by atoms with Gasteiger partial charge in [0.15, 0.2) is 0 Å². The summed E-state index contributed by atoms with van der Waals surface area (Å²) in [5, 5.41) is 3.49. The molecule has 0 radical (unpaired) electrons. The molecule has 0 aromatic carbocycles. The third-order valence-electron chi connectivity index (χ3n) is 4.68. The van der Waals surface area contributed by atoms with Gasteiger partial charge in [0.25, 0.3) is 0 Å². The van der Waals surface area contributed by atoms with E-state index in [4.69, 9.17) is 0 Å². The highest BCUT2D eigenvalue weighted by Gasteiger charge is 2.39. The summed E-state index contributed by atoms with van der Waals surface area (Å²) in [5.74, 6) is 0.730. The molecule has 1 heterocycles. The molecule has 5 nitrogen and oxygen atoms in total. The number of likely N-dealkylation sites (N-methyl/N-ethyl adjacent to an activating group) is 2. The number of hydrogen-bond acceptors (Lipinski definition) is 3. The zero-order valence-electron chi connectivity index (χ0n) is 12.9. The molecule has 0 aromatic heterocycles. The van der Waals surface area contributed by atoms with Crippen LogP contribution in [-0.4, -0.2) is 60.9 Å². The topological polar surface area (TPSA) is 52.7 Å². The van der Waals surface area contributed by atoms with Crippen molar-refractivity contribution < 1.29 is 9.59 Å². The molecule has 1 saturated heterocycles. The highest BCUT2D eigenvalue weighted by molar-refractivity contribution is 5.87. The lowest BCUT2D eigenvalue weighted by molar-refractivity contribution is -0.140. The maximum Gasteiger partial charge on any atom is 0.241 e. The van der Waals surface area contributed by atoms with Crippen LogP contribution in [0.1, 0.15) is 39.0 Å². The second-order valence-corrected chi connectivity index (χ2v) is 6.25. The normalized spacial score (nSPS) is 28.9. The third-order valence-corrected chi connectivity index (χ3v) is 4.68. The van der Waals surface area contributed by atoms with Crippen molar-refractivity contribution in [3.63, 3.8) is 0 Å². The lowest BCUT2D eigenvalue weighted by atomic mass is 9.85. The van der Waals surface area contributed by atoms with E-state index < -0.39 is 0 Å². The highest BCUT2D eigenvalue weighted by atomic mass is 16.2. The van der Waals surface area contributed by atoms with Gasteiger partial charge in [0.1, 0.15) is 0 Å². The number of hydrogen-bond donors (Lipinski definition) is 1.